The van der Waals surface area contributed by atoms with Crippen LogP contribution in [0.5, 0.6) is 5.75 Å². The zero-order valence-electron chi connectivity index (χ0n) is 7.71. The van der Waals surface area contributed by atoms with Gasteiger partial charge in [-0.25, -0.2) is 0 Å². The molecule has 4 nitrogen and oxygen atoms in total. The van der Waals surface area contributed by atoms with Crippen molar-refractivity contribution in [3.05, 3.63) is 30.3 Å². The fraction of sp³-hybridized carbons (Fsp3) is 0.400. The van der Waals surface area contributed by atoms with Gasteiger partial charge in [0.15, 0.2) is 0 Å². The summed E-state index contributed by atoms with van der Waals surface area (Å²) in [5.74, 6) is 0.622. The van der Waals surface area contributed by atoms with Gasteiger partial charge in [-0.05, 0) is 12.1 Å². The molecule has 2 atom stereocenters. The van der Waals surface area contributed by atoms with Gasteiger partial charge in [-0.2, -0.15) is 0 Å². The van der Waals surface area contributed by atoms with E-state index in [2.05, 4.69) is 0 Å². The monoisotopic (exact) mass is 198 g/mol. The summed E-state index contributed by atoms with van der Waals surface area (Å²) in [6.45, 7) is -0.509. The molecule has 0 aliphatic rings. The number of hydrogen-bond donors (Lipinski definition) is 3. The molecule has 2 unspecified atom stereocenters. The van der Waals surface area contributed by atoms with Gasteiger partial charge in [0.25, 0.3) is 0 Å². The number of aliphatic hydroxyl groups is 3. The summed E-state index contributed by atoms with van der Waals surface area (Å²) >= 11 is 0. The van der Waals surface area contributed by atoms with Gasteiger partial charge in [-0.3, -0.25) is 0 Å². The minimum Gasteiger partial charge on any atom is -0.491 e. The smallest absolute Gasteiger partial charge is 0.119 e. The highest BCUT2D eigenvalue weighted by atomic mass is 16.5. The van der Waals surface area contributed by atoms with Crippen LogP contribution >= 0.6 is 0 Å². The molecule has 0 radical (unpaired) electrons. The van der Waals surface area contributed by atoms with E-state index >= 15 is 0 Å². The number of para-hydroxylation sites is 1. The second-order valence-corrected chi connectivity index (χ2v) is 2.94. The normalized spacial score (nSPS) is 14.8. The summed E-state index contributed by atoms with van der Waals surface area (Å²) in [5, 5.41) is 26.8. The maximum absolute atomic E-state index is 9.24. The molecule has 1 rings (SSSR count). The average molecular weight is 198 g/mol. The van der Waals surface area contributed by atoms with Crippen molar-refractivity contribution in [2.24, 2.45) is 0 Å². The van der Waals surface area contributed by atoms with E-state index in [-0.39, 0.29) is 6.61 Å². The number of hydrogen-bond acceptors (Lipinski definition) is 4. The number of aliphatic hydroxyl groups excluding tert-OH is 3. The molecule has 0 saturated heterocycles. The molecular formula is C10H14O4. The van der Waals surface area contributed by atoms with Crippen molar-refractivity contribution < 1.29 is 20.1 Å². The van der Waals surface area contributed by atoms with Gasteiger partial charge < -0.3 is 20.1 Å². The summed E-state index contributed by atoms with van der Waals surface area (Å²) in [6.07, 6.45) is -2.22. The lowest BCUT2D eigenvalue weighted by Gasteiger charge is -2.15. The van der Waals surface area contributed by atoms with Crippen LogP contribution in [0.25, 0.3) is 0 Å². The van der Waals surface area contributed by atoms with E-state index in [0.29, 0.717) is 5.75 Å². The Labute approximate surface area is 82.4 Å². The minimum absolute atomic E-state index is 0.0360. The molecule has 0 fully saturated rings. The third-order valence-electron chi connectivity index (χ3n) is 1.80. The minimum atomic E-state index is -1.15. The molecule has 4 heteroatoms. The summed E-state index contributed by atoms with van der Waals surface area (Å²) in [5.41, 5.74) is 0. The molecule has 3 N–H and O–H groups in total. The van der Waals surface area contributed by atoms with Crippen LogP contribution in [0.15, 0.2) is 30.3 Å². The van der Waals surface area contributed by atoms with Gasteiger partial charge in [-0.1, -0.05) is 18.2 Å². The van der Waals surface area contributed by atoms with Crippen molar-refractivity contribution in [1.82, 2.24) is 0 Å². The van der Waals surface area contributed by atoms with Crippen LogP contribution in [0.1, 0.15) is 0 Å². The standard InChI is InChI=1S/C10H14O4/c11-6-9(12)10(13)7-14-8-4-2-1-3-5-8/h1-5,9-13H,6-7H2. The van der Waals surface area contributed by atoms with E-state index in [1.165, 1.54) is 0 Å². The second-order valence-electron chi connectivity index (χ2n) is 2.94. The molecule has 1 aromatic rings. The van der Waals surface area contributed by atoms with E-state index < -0.39 is 18.8 Å². The van der Waals surface area contributed by atoms with Gasteiger partial charge in [-0.15, -0.1) is 0 Å². The lowest BCUT2D eigenvalue weighted by molar-refractivity contribution is -0.0339. The van der Waals surface area contributed by atoms with Crippen molar-refractivity contribution in [2.75, 3.05) is 13.2 Å². The van der Waals surface area contributed by atoms with Crippen molar-refractivity contribution in [2.45, 2.75) is 12.2 Å². The van der Waals surface area contributed by atoms with Crippen molar-refractivity contribution in [1.29, 1.82) is 0 Å². The highest BCUT2D eigenvalue weighted by molar-refractivity contribution is 5.20. The highest BCUT2D eigenvalue weighted by Crippen LogP contribution is 2.08. The molecule has 0 aliphatic carbocycles. The molecule has 0 saturated carbocycles. The van der Waals surface area contributed by atoms with E-state index in [9.17, 15) is 5.11 Å². The van der Waals surface area contributed by atoms with Crippen LogP contribution in [0.2, 0.25) is 0 Å². The molecule has 0 aromatic heterocycles. The van der Waals surface area contributed by atoms with Gasteiger partial charge >= 0.3 is 0 Å². The molecule has 0 heterocycles. The van der Waals surface area contributed by atoms with Crippen molar-refractivity contribution in [3.63, 3.8) is 0 Å². The summed E-state index contributed by atoms with van der Waals surface area (Å²) in [4.78, 5) is 0. The first-order valence-corrected chi connectivity index (χ1v) is 4.39. The predicted octanol–water partition coefficient (Wildman–Crippen LogP) is -0.221. The Hall–Kier alpha value is -1.10. The molecule has 1 aromatic carbocycles. The first-order valence-electron chi connectivity index (χ1n) is 4.39. The highest BCUT2D eigenvalue weighted by Gasteiger charge is 2.15. The summed E-state index contributed by atoms with van der Waals surface area (Å²) in [6, 6.07) is 8.97. The van der Waals surface area contributed by atoms with Gasteiger partial charge in [0.1, 0.15) is 24.6 Å². The molecule has 78 valence electrons. The third kappa shape index (κ3) is 3.33. The lowest BCUT2D eigenvalue weighted by atomic mass is 10.2. The van der Waals surface area contributed by atoms with E-state index in [1.807, 2.05) is 18.2 Å². The van der Waals surface area contributed by atoms with E-state index in [4.69, 9.17) is 14.9 Å². The number of rotatable bonds is 5. The maximum atomic E-state index is 9.24. The zero-order chi connectivity index (χ0) is 10.4. The summed E-state index contributed by atoms with van der Waals surface area (Å²) < 4.78 is 5.17. The quantitative estimate of drug-likeness (QED) is 0.611. The van der Waals surface area contributed by atoms with Crippen LogP contribution in [0.4, 0.5) is 0 Å². The van der Waals surface area contributed by atoms with Crippen molar-refractivity contribution >= 4 is 0 Å². The van der Waals surface area contributed by atoms with Crippen molar-refractivity contribution in [3.8, 4) is 5.75 Å². The Bertz CT molecular complexity index is 250. The van der Waals surface area contributed by atoms with Gasteiger partial charge in [0, 0.05) is 0 Å². The SMILES string of the molecule is OCC(O)C(O)COc1ccccc1. The van der Waals surface area contributed by atoms with Crippen LogP contribution < -0.4 is 4.74 Å². The molecule has 0 aliphatic heterocycles. The molecular weight excluding hydrogens is 184 g/mol. The van der Waals surface area contributed by atoms with Crippen LogP contribution in [-0.4, -0.2) is 40.7 Å². The Morgan fingerprint density at radius 3 is 2.29 bits per heavy atom. The lowest BCUT2D eigenvalue weighted by Crippen LogP contribution is -2.34. The maximum Gasteiger partial charge on any atom is 0.119 e. The number of ether oxygens (including phenoxy) is 1. The fourth-order valence-electron chi connectivity index (χ4n) is 0.931. The Balaban J connectivity index is 2.34. The second kappa shape index (κ2) is 5.59. The van der Waals surface area contributed by atoms with E-state index in [0.717, 1.165) is 0 Å². The molecule has 0 spiro atoms. The van der Waals surface area contributed by atoms with E-state index in [1.54, 1.807) is 12.1 Å². The van der Waals surface area contributed by atoms with Crippen LogP contribution in [0.3, 0.4) is 0 Å². The first kappa shape index (κ1) is 11.0. The molecule has 14 heavy (non-hydrogen) atoms. The average Bonchev–Trinajstić information content (AvgIpc) is 2.26. The van der Waals surface area contributed by atoms with Gasteiger partial charge in [0.05, 0.1) is 6.61 Å². The van der Waals surface area contributed by atoms with Crippen LogP contribution in [-0.2, 0) is 0 Å². The Kier molecular flexibility index (Phi) is 4.39. The molecule has 0 bridgehead atoms. The van der Waals surface area contributed by atoms with Gasteiger partial charge in [0.2, 0.25) is 0 Å². The Morgan fingerprint density at radius 1 is 1.07 bits per heavy atom. The molecule has 0 amide bonds. The first-order chi connectivity index (χ1) is 6.74. The van der Waals surface area contributed by atoms with Crippen LogP contribution in [0, 0.1) is 0 Å². The Morgan fingerprint density at radius 2 is 1.71 bits per heavy atom. The largest absolute Gasteiger partial charge is 0.491 e. The summed E-state index contributed by atoms with van der Waals surface area (Å²) in [7, 11) is 0. The zero-order valence-corrected chi connectivity index (χ0v) is 7.71. The predicted molar refractivity (Wildman–Crippen MR) is 51.0 cm³/mol. The fourth-order valence-corrected chi connectivity index (χ4v) is 0.931. The third-order valence-corrected chi connectivity index (χ3v) is 1.80. The topological polar surface area (TPSA) is 69.9 Å². The number of benzene rings is 1.